The molecule has 0 amide bonds. The summed E-state index contributed by atoms with van der Waals surface area (Å²) < 4.78 is 7.40. The van der Waals surface area contributed by atoms with Gasteiger partial charge in [0.2, 0.25) is 0 Å². The van der Waals surface area contributed by atoms with Gasteiger partial charge >= 0.3 is 0 Å². The Balaban J connectivity index is 2.22. The van der Waals surface area contributed by atoms with Gasteiger partial charge in [-0.15, -0.1) is 0 Å². The fraction of sp³-hybridized carbons (Fsp3) is 0.786. The Labute approximate surface area is 111 Å². The van der Waals surface area contributed by atoms with Crippen molar-refractivity contribution in [2.75, 3.05) is 19.8 Å². The van der Waals surface area contributed by atoms with Gasteiger partial charge in [0.05, 0.1) is 12.3 Å². The summed E-state index contributed by atoms with van der Waals surface area (Å²) in [5.74, 6) is 0.476. The maximum absolute atomic E-state index is 5.51. The van der Waals surface area contributed by atoms with Gasteiger partial charge in [0.1, 0.15) is 0 Å². The zero-order valence-corrected chi connectivity index (χ0v) is 12.2. The Morgan fingerprint density at radius 2 is 2.17 bits per heavy atom. The first kappa shape index (κ1) is 15.2. The summed E-state index contributed by atoms with van der Waals surface area (Å²) in [4.78, 5) is 0. The molecule has 1 aromatic heterocycles. The lowest BCUT2D eigenvalue weighted by atomic mass is 10.1. The monoisotopic (exact) mass is 253 g/mol. The van der Waals surface area contributed by atoms with E-state index in [0.29, 0.717) is 5.92 Å². The fourth-order valence-corrected chi connectivity index (χ4v) is 1.89. The van der Waals surface area contributed by atoms with Crippen LogP contribution in [0.5, 0.6) is 0 Å². The summed E-state index contributed by atoms with van der Waals surface area (Å²) in [6.45, 7) is 9.98. The summed E-state index contributed by atoms with van der Waals surface area (Å²) in [5.41, 5.74) is 2.48. The first-order valence-corrected chi connectivity index (χ1v) is 6.96. The van der Waals surface area contributed by atoms with Crippen molar-refractivity contribution in [1.82, 2.24) is 15.1 Å². The Morgan fingerprint density at radius 3 is 2.83 bits per heavy atom. The summed E-state index contributed by atoms with van der Waals surface area (Å²) in [6, 6.07) is 0. The lowest BCUT2D eigenvalue weighted by Gasteiger charge is -2.07. The molecule has 0 aromatic carbocycles. The van der Waals surface area contributed by atoms with E-state index in [-0.39, 0.29) is 0 Å². The average Bonchev–Trinajstić information content (AvgIpc) is 2.69. The minimum absolute atomic E-state index is 0.476. The predicted molar refractivity (Wildman–Crippen MR) is 74.7 cm³/mol. The van der Waals surface area contributed by atoms with Gasteiger partial charge in [-0.25, -0.2) is 0 Å². The van der Waals surface area contributed by atoms with Gasteiger partial charge < -0.3 is 10.1 Å². The highest BCUT2D eigenvalue weighted by Gasteiger charge is 2.10. The van der Waals surface area contributed by atoms with E-state index in [0.717, 1.165) is 32.7 Å². The maximum Gasteiger partial charge on any atom is 0.0694 e. The molecule has 0 saturated heterocycles. The Hall–Kier alpha value is -0.870. The molecule has 0 bridgehead atoms. The smallest absolute Gasteiger partial charge is 0.0694 e. The zero-order chi connectivity index (χ0) is 13.4. The van der Waals surface area contributed by atoms with Crippen LogP contribution in [0.3, 0.4) is 0 Å². The molecule has 4 nitrogen and oxygen atoms in total. The van der Waals surface area contributed by atoms with Crippen molar-refractivity contribution in [2.24, 2.45) is 7.05 Å². The van der Waals surface area contributed by atoms with E-state index in [2.05, 4.69) is 37.4 Å². The van der Waals surface area contributed by atoms with Crippen LogP contribution in [0.1, 0.15) is 50.8 Å². The van der Waals surface area contributed by atoms with E-state index in [1.165, 1.54) is 17.7 Å². The molecule has 0 fully saturated rings. The molecule has 0 aliphatic heterocycles. The molecule has 18 heavy (non-hydrogen) atoms. The molecular formula is C14H27N3O. The van der Waals surface area contributed by atoms with Crippen molar-refractivity contribution in [3.05, 3.63) is 17.5 Å². The van der Waals surface area contributed by atoms with Gasteiger partial charge in [-0.05, 0) is 12.3 Å². The quantitative estimate of drug-likeness (QED) is 0.687. The summed E-state index contributed by atoms with van der Waals surface area (Å²) >= 11 is 0. The number of hydrogen-bond acceptors (Lipinski definition) is 3. The third-order valence-corrected chi connectivity index (χ3v) is 2.86. The highest BCUT2D eigenvalue weighted by atomic mass is 16.5. The van der Waals surface area contributed by atoms with Gasteiger partial charge in [-0.2, -0.15) is 5.10 Å². The SMILES string of the molecule is CCCCOCCNCc1cn(C)nc1C(C)C. The van der Waals surface area contributed by atoms with Crippen LogP contribution in [0, 0.1) is 0 Å². The predicted octanol–water partition coefficient (Wildman–Crippen LogP) is 2.45. The molecule has 104 valence electrons. The summed E-state index contributed by atoms with van der Waals surface area (Å²) in [6.07, 6.45) is 4.45. The van der Waals surface area contributed by atoms with E-state index in [1.807, 2.05) is 11.7 Å². The van der Waals surface area contributed by atoms with Crippen LogP contribution in [0.2, 0.25) is 0 Å². The van der Waals surface area contributed by atoms with Crippen LogP contribution in [0.15, 0.2) is 6.20 Å². The van der Waals surface area contributed by atoms with Crippen LogP contribution < -0.4 is 5.32 Å². The number of rotatable bonds is 9. The lowest BCUT2D eigenvalue weighted by molar-refractivity contribution is 0.133. The van der Waals surface area contributed by atoms with Gasteiger partial charge in [0.15, 0.2) is 0 Å². The van der Waals surface area contributed by atoms with Gasteiger partial charge in [0, 0.05) is 38.5 Å². The number of unbranched alkanes of at least 4 members (excludes halogenated alkanes) is 1. The van der Waals surface area contributed by atoms with E-state index in [9.17, 15) is 0 Å². The Morgan fingerprint density at radius 1 is 1.39 bits per heavy atom. The van der Waals surface area contributed by atoms with Crippen molar-refractivity contribution < 1.29 is 4.74 Å². The molecule has 1 rings (SSSR count). The molecule has 0 radical (unpaired) electrons. The summed E-state index contributed by atoms with van der Waals surface area (Å²) in [5, 5.41) is 7.90. The lowest BCUT2D eigenvalue weighted by Crippen LogP contribution is -2.20. The van der Waals surface area contributed by atoms with Crippen molar-refractivity contribution in [3.8, 4) is 0 Å². The molecule has 0 aliphatic rings. The molecule has 0 unspecified atom stereocenters. The van der Waals surface area contributed by atoms with Gasteiger partial charge in [-0.3, -0.25) is 4.68 Å². The molecule has 0 spiro atoms. The number of nitrogens with zero attached hydrogens (tertiary/aromatic N) is 2. The minimum atomic E-state index is 0.476. The highest BCUT2D eigenvalue weighted by molar-refractivity contribution is 5.19. The molecular weight excluding hydrogens is 226 g/mol. The number of nitrogens with one attached hydrogen (secondary N) is 1. The van der Waals surface area contributed by atoms with Crippen LogP contribution in [0.4, 0.5) is 0 Å². The van der Waals surface area contributed by atoms with E-state index < -0.39 is 0 Å². The van der Waals surface area contributed by atoms with E-state index >= 15 is 0 Å². The van der Waals surface area contributed by atoms with Crippen LogP contribution in [-0.2, 0) is 18.3 Å². The zero-order valence-electron chi connectivity index (χ0n) is 12.2. The largest absolute Gasteiger partial charge is 0.380 e. The topological polar surface area (TPSA) is 39.1 Å². The third kappa shape index (κ3) is 5.19. The molecule has 1 N–H and O–H groups in total. The summed E-state index contributed by atoms with van der Waals surface area (Å²) in [7, 11) is 1.98. The molecule has 0 atom stereocenters. The third-order valence-electron chi connectivity index (χ3n) is 2.86. The minimum Gasteiger partial charge on any atom is -0.380 e. The molecule has 0 aliphatic carbocycles. The Kier molecular flexibility index (Phi) is 6.98. The second-order valence-corrected chi connectivity index (χ2v) is 5.01. The van der Waals surface area contributed by atoms with Crippen molar-refractivity contribution in [3.63, 3.8) is 0 Å². The number of hydrogen-bond donors (Lipinski definition) is 1. The first-order chi connectivity index (χ1) is 8.65. The van der Waals surface area contributed by atoms with Crippen LogP contribution >= 0.6 is 0 Å². The highest BCUT2D eigenvalue weighted by Crippen LogP contribution is 2.16. The van der Waals surface area contributed by atoms with Gasteiger partial charge in [0.25, 0.3) is 0 Å². The Bertz CT molecular complexity index is 334. The number of aryl methyl sites for hydroxylation is 1. The van der Waals surface area contributed by atoms with Crippen molar-refractivity contribution >= 4 is 0 Å². The van der Waals surface area contributed by atoms with Crippen molar-refractivity contribution in [1.29, 1.82) is 0 Å². The second-order valence-electron chi connectivity index (χ2n) is 5.01. The van der Waals surface area contributed by atoms with Crippen molar-refractivity contribution in [2.45, 2.75) is 46.1 Å². The second kappa shape index (κ2) is 8.27. The maximum atomic E-state index is 5.51. The fourth-order valence-electron chi connectivity index (χ4n) is 1.89. The average molecular weight is 253 g/mol. The number of ether oxygens (including phenoxy) is 1. The molecule has 1 heterocycles. The van der Waals surface area contributed by atoms with Crippen LogP contribution in [-0.4, -0.2) is 29.5 Å². The standard InChI is InChI=1S/C14H27N3O/c1-5-6-8-18-9-7-15-10-13-11-17(4)16-14(13)12(2)3/h11-12,15H,5-10H2,1-4H3. The number of aromatic nitrogens is 2. The van der Waals surface area contributed by atoms with Crippen LogP contribution in [0.25, 0.3) is 0 Å². The normalized spacial score (nSPS) is 11.4. The van der Waals surface area contributed by atoms with Gasteiger partial charge in [-0.1, -0.05) is 27.2 Å². The molecule has 0 saturated carbocycles. The first-order valence-electron chi connectivity index (χ1n) is 6.96. The van der Waals surface area contributed by atoms with E-state index in [1.54, 1.807) is 0 Å². The molecule has 4 heteroatoms. The molecule has 1 aromatic rings. The van der Waals surface area contributed by atoms with E-state index in [4.69, 9.17) is 4.74 Å².